The third-order valence-electron chi connectivity index (χ3n) is 5.07. The van der Waals surface area contributed by atoms with Crippen molar-refractivity contribution >= 4 is 38.4 Å². The molecular weight excluding hydrogens is 424 g/mol. The first-order valence-electron chi connectivity index (χ1n) is 9.47. The van der Waals surface area contributed by atoms with Crippen molar-refractivity contribution in [3.8, 4) is 11.3 Å². The molecule has 0 saturated carbocycles. The van der Waals surface area contributed by atoms with Gasteiger partial charge in [-0.25, -0.2) is 4.98 Å². The Labute approximate surface area is 178 Å². The number of carbonyl (C=O) groups excluding carboxylic acids is 1. The van der Waals surface area contributed by atoms with Crippen molar-refractivity contribution in [3.63, 3.8) is 0 Å². The number of pyridine rings is 1. The highest BCUT2D eigenvalue weighted by Gasteiger charge is 2.16. The molecule has 1 aromatic heterocycles. The van der Waals surface area contributed by atoms with Gasteiger partial charge in [0.1, 0.15) is 0 Å². The number of nitrogens with zero attached hydrogens (tertiary/aromatic N) is 1. The molecule has 1 amide bonds. The summed E-state index contributed by atoms with van der Waals surface area (Å²) in [4.78, 5) is 18.2. The molecule has 4 aromatic rings. The van der Waals surface area contributed by atoms with Gasteiger partial charge in [0, 0.05) is 21.1 Å². The number of aryl methyl sites for hydroxylation is 3. The Morgan fingerprint density at radius 1 is 0.897 bits per heavy atom. The van der Waals surface area contributed by atoms with Gasteiger partial charge in [0.25, 0.3) is 5.91 Å². The minimum absolute atomic E-state index is 0.130. The molecule has 144 valence electrons. The highest BCUT2D eigenvalue weighted by atomic mass is 79.9. The van der Waals surface area contributed by atoms with E-state index in [4.69, 9.17) is 4.98 Å². The second-order valence-corrected chi connectivity index (χ2v) is 8.22. The van der Waals surface area contributed by atoms with Gasteiger partial charge in [-0.05, 0) is 61.7 Å². The Hall–Kier alpha value is -2.98. The molecule has 3 aromatic carbocycles. The average Bonchev–Trinajstić information content (AvgIpc) is 2.71. The number of nitrogens with one attached hydrogen (secondary N) is 1. The van der Waals surface area contributed by atoms with Crippen LogP contribution in [0.2, 0.25) is 0 Å². The zero-order chi connectivity index (χ0) is 20.5. The predicted molar refractivity (Wildman–Crippen MR) is 123 cm³/mol. The number of hydrogen-bond donors (Lipinski definition) is 1. The summed E-state index contributed by atoms with van der Waals surface area (Å²) in [5, 5.41) is 3.95. The summed E-state index contributed by atoms with van der Waals surface area (Å²) in [7, 11) is 0. The fourth-order valence-electron chi connectivity index (χ4n) is 3.41. The van der Waals surface area contributed by atoms with E-state index in [0.29, 0.717) is 5.56 Å². The molecule has 0 atom stereocenters. The summed E-state index contributed by atoms with van der Waals surface area (Å²) >= 11 is 3.47. The van der Waals surface area contributed by atoms with Gasteiger partial charge in [0.2, 0.25) is 0 Å². The van der Waals surface area contributed by atoms with Crippen LogP contribution in [-0.2, 0) is 0 Å². The standard InChI is InChI=1S/C25H21BrN2O/c1-15-7-8-16(2)22(13-15)28-25(29)21-14-23(18-9-11-19(26)12-10-18)27-24-17(3)5-4-6-20(21)24/h4-14H,1-3H3,(H,28,29). The van der Waals surface area contributed by atoms with E-state index in [1.807, 2.05) is 87.5 Å². The van der Waals surface area contributed by atoms with Crippen molar-refractivity contribution in [3.05, 3.63) is 93.5 Å². The molecule has 0 saturated heterocycles. The summed E-state index contributed by atoms with van der Waals surface area (Å²) in [5.74, 6) is -0.130. The van der Waals surface area contributed by atoms with Crippen molar-refractivity contribution in [2.75, 3.05) is 5.32 Å². The van der Waals surface area contributed by atoms with Crippen LogP contribution < -0.4 is 5.32 Å². The monoisotopic (exact) mass is 444 g/mol. The van der Waals surface area contributed by atoms with Crippen LogP contribution in [0.25, 0.3) is 22.2 Å². The van der Waals surface area contributed by atoms with E-state index in [2.05, 4.69) is 21.2 Å². The first kappa shape index (κ1) is 19.3. The van der Waals surface area contributed by atoms with Crippen LogP contribution in [-0.4, -0.2) is 10.9 Å². The first-order valence-corrected chi connectivity index (χ1v) is 10.3. The molecule has 4 heteroatoms. The molecule has 0 aliphatic heterocycles. The molecule has 1 heterocycles. The van der Waals surface area contributed by atoms with E-state index in [1.54, 1.807) is 0 Å². The number of para-hydroxylation sites is 1. The number of fused-ring (bicyclic) bond motifs is 1. The van der Waals surface area contributed by atoms with Crippen molar-refractivity contribution in [1.82, 2.24) is 4.98 Å². The van der Waals surface area contributed by atoms with Crippen molar-refractivity contribution < 1.29 is 4.79 Å². The molecule has 0 unspecified atom stereocenters. The Morgan fingerprint density at radius 2 is 1.66 bits per heavy atom. The lowest BCUT2D eigenvalue weighted by molar-refractivity contribution is 0.102. The lowest BCUT2D eigenvalue weighted by Crippen LogP contribution is -2.14. The highest BCUT2D eigenvalue weighted by molar-refractivity contribution is 9.10. The maximum absolute atomic E-state index is 13.3. The quantitative estimate of drug-likeness (QED) is 0.375. The van der Waals surface area contributed by atoms with Crippen LogP contribution in [0.4, 0.5) is 5.69 Å². The third kappa shape index (κ3) is 3.94. The van der Waals surface area contributed by atoms with Crippen LogP contribution in [0.3, 0.4) is 0 Å². The number of hydrogen-bond acceptors (Lipinski definition) is 2. The molecule has 1 N–H and O–H groups in total. The molecule has 0 aliphatic carbocycles. The molecule has 29 heavy (non-hydrogen) atoms. The normalized spacial score (nSPS) is 10.9. The van der Waals surface area contributed by atoms with Crippen molar-refractivity contribution in [1.29, 1.82) is 0 Å². The van der Waals surface area contributed by atoms with Gasteiger partial charge >= 0.3 is 0 Å². The average molecular weight is 445 g/mol. The Morgan fingerprint density at radius 3 is 2.41 bits per heavy atom. The van der Waals surface area contributed by atoms with E-state index in [9.17, 15) is 4.79 Å². The van der Waals surface area contributed by atoms with Crippen LogP contribution in [0.15, 0.2) is 71.2 Å². The lowest BCUT2D eigenvalue weighted by atomic mass is 10.0. The van der Waals surface area contributed by atoms with E-state index in [1.165, 1.54) is 0 Å². The minimum atomic E-state index is -0.130. The van der Waals surface area contributed by atoms with Crippen molar-refractivity contribution in [2.45, 2.75) is 20.8 Å². The number of carbonyl (C=O) groups is 1. The first-order chi connectivity index (χ1) is 13.9. The number of benzene rings is 3. The van der Waals surface area contributed by atoms with Gasteiger partial charge in [-0.15, -0.1) is 0 Å². The fourth-order valence-corrected chi connectivity index (χ4v) is 3.67. The van der Waals surface area contributed by atoms with Crippen LogP contribution in [0.5, 0.6) is 0 Å². The largest absolute Gasteiger partial charge is 0.322 e. The van der Waals surface area contributed by atoms with Gasteiger partial charge in [-0.3, -0.25) is 4.79 Å². The Balaban J connectivity index is 1.86. The van der Waals surface area contributed by atoms with Gasteiger partial charge in [-0.1, -0.05) is 58.4 Å². The zero-order valence-electron chi connectivity index (χ0n) is 16.6. The number of anilines is 1. The molecule has 0 radical (unpaired) electrons. The SMILES string of the molecule is Cc1ccc(C)c(NC(=O)c2cc(-c3ccc(Br)cc3)nc3c(C)cccc23)c1. The minimum Gasteiger partial charge on any atom is -0.322 e. The van der Waals surface area contributed by atoms with Crippen molar-refractivity contribution in [2.24, 2.45) is 0 Å². The molecule has 0 bridgehead atoms. The Bertz CT molecular complexity index is 1230. The summed E-state index contributed by atoms with van der Waals surface area (Å²) in [5.41, 5.74) is 7.24. The predicted octanol–water partition coefficient (Wildman–Crippen LogP) is 6.84. The molecular formula is C25H21BrN2O. The molecule has 0 spiro atoms. The van der Waals surface area contributed by atoms with Gasteiger partial charge in [-0.2, -0.15) is 0 Å². The summed E-state index contributed by atoms with van der Waals surface area (Å²) in [6.45, 7) is 6.04. The summed E-state index contributed by atoms with van der Waals surface area (Å²) in [6, 6.07) is 21.9. The van der Waals surface area contributed by atoms with E-state index in [-0.39, 0.29) is 5.91 Å². The summed E-state index contributed by atoms with van der Waals surface area (Å²) in [6.07, 6.45) is 0. The Kier molecular flexibility index (Phi) is 5.20. The fraction of sp³-hybridized carbons (Fsp3) is 0.120. The maximum Gasteiger partial charge on any atom is 0.256 e. The topological polar surface area (TPSA) is 42.0 Å². The number of halogens is 1. The number of rotatable bonds is 3. The molecule has 3 nitrogen and oxygen atoms in total. The van der Waals surface area contributed by atoms with E-state index < -0.39 is 0 Å². The van der Waals surface area contributed by atoms with Gasteiger partial charge < -0.3 is 5.32 Å². The second kappa shape index (κ2) is 7.80. The number of amides is 1. The maximum atomic E-state index is 13.3. The smallest absolute Gasteiger partial charge is 0.256 e. The van der Waals surface area contributed by atoms with Gasteiger partial charge in [0.15, 0.2) is 0 Å². The lowest BCUT2D eigenvalue weighted by Gasteiger charge is -2.13. The number of aromatic nitrogens is 1. The zero-order valence-corrected chi connectivity index (χ0v) is 18.2. The molecule has 0 fully saturated rings. The highest BCUT2D eigenvalue weighted by Crippen LogP contribution is 2.28. The van der Waals surface area contributed by atoms with Crippen LogP contribution >= 0.6 is 15.9 Å². The molecule has 0 aliphatic rings. The molecule has 4 rings (SSSR count). The van der Waals surface area contributed by atoms with Crippen LogP contribution in [0.1, 0.15) is 27.0 Å². The van der Waals surface area contributed by atoms with Gasteiger partial charge in [0.05, 0.1) is 16.8 Å². The third-order valence-corrected chi connectivity index (χ3v) is 5.60. The van der Waals surface area contributed by atoms with E-state index >= 15 is 0 Å². The van der Waals surface area contributed by atoms with E-state index in [0.717, 1.165) is 49.0 Å². The summed E-state index contributed by atoms with van der Waals surface area (Å²) < 4.78 is 1.01. The van der Waals surface area contributed by atoms with Crippen LogP contribution in [0, 0.1) is 20.8 Å². The second-order valence-electron chi connectivity index (χ2n) is 7.31.